The number of nitrogens with one attached hydrogen (secondary N) is 3. The van der Waals surface area contributed by atoms with Gasteiger partial charge in [-0.3, -0.25) is 43.2 Å². The van der Waals surface area contributed by atoms with E-state index in [1.165, 1.54) is 205 Å². The fourth-order valence-electron chi connectivity index (χ4n) is 11.5. The molecule has 0 radical (unpaired) electrons. The summed E-state index contributed by atoms with van der Waals surface area (Å²) in [6, 6.07) is -3.85. The topological polar surface area (TPSA) is 245 Å². The minimum absolute atomic E-state index is 0.0654. The van der Waals surface area contributed by atoms with Gasteiger partial charge in [0.1, 0.15) is 18.1 Å². The predicted molar refractivity (Wildman–Crippen MR) is 350 cm³/mol. The fraction of sp³-hybridized carbons (Fsp3) is 0.870. The highest BCUT2D eigenvalue weighted by atomic mass is 27.3. The van der Waals surface area contributed by atoms with Gasteiger partial charge in [-0.15, -0.1) is 0 Å². The van der Waals surface area contributed by atoms with Crippen molar-refractivity contribution in [3.63, 3.8) is 0 Å². The second kappa shape index (κ2) is 57.0. The van der Waals surface area contributed by atoms with E-state index in [-0.39, 0.29) is 56.8 Å². The average Bonchev–Trinajstić information content (AvgIpc) is 3.05. The molecule has 0 aromatic rings. The van der Waals surface area contributed by atoms with Gasteiger partial charge in [0.05, 0.1) is 0 Å². The van der Waals surface area contributed by atoms with Gasteiger partial charge in [-0.1, -0.05) is 290 Å². The summed E-state index contributed by atoms with van der Waals surface area (Å²) in [6.07, 6.45) is 51.8. The van der Waals surface area contributed by atoms with E-state index in [2.05, 4.69) is 36.7 Å². The smallest absolute Gasteiger partial charge is 0.551 e. The van der Waals surface area contributed by atoms with Crippen LogP contribution in [0.3, 0.4) is 0 Å². The Morgan fingerprint density at radius 3 is 0.944 bits per heavy atom. The number of hydrogen-bond donors (Lipinski definition) is 3. The van der Waals surface area contributed by atoms with Crippen LogP contribution in [0.25, 0.3) is 0 Å². The maximum absolute atomic E-state index is 13.9. The van der Waals surface area contributed by atoms with E-state index in [1.54, 1.807) is 0 Å². The van der Waals surface area contributed by atoms with Crippen LogP contribution < -0.4 is 16.0 Å². The average molecular weight is 1290 g/mol. The van der Waals surface area contributed by atoms with Gasteiger partial charge in [-0.25, -0.2) is 0 Å². The third-order valence-corrected chi connectivity index (χ3v) is 19.8. The molecule has 0 unspecified atom stereocenters. The molecule has 2 aliphatic rings. The highest BCUT2D eigenvalue weighted by Crippen LogP contribution is 2.20. The maximum atomic E-state index is 13.9. The molecule has 3 amide bonds. The normalized spacial score (nSPS) is 15.8. The second-order valence-electron chi connectivity index (χ2n) is 25.4. The molecule has 0 bridgehead atoms. The van der Waals surface area contributed by atoms with Crippen molar-refractivity contribution in [2.75, 3.05) is 0 Å². The molecule has 2 heterocycles. The van der Waals surface area contributed by atoms with Gasteiger partial charge < -0.3 is 38.7 Å². The van der Waals surface area contributed by atoms with Gasteiger partial charge in [0.15, 0.2) is 0 Å². The van der Waals surface area contributed by atoms with Crippen LogP contribution in [0.15, 0.2) is 0 Å². The zero-order valence-corrected chi connectivity index (χ0v) is 58.5. The van der Waals surface area contributed by atoms with Crippen LogP contribution in [0, 0.1) is 0 Å². The van der Waals surface area contributed by atoms with Crippen LogP contribution in [0.2, 0.25) is 0 Å². The molecule has 2 fully saturated rings. The first-order chi connectivity index (χ1) is 43.3. The van der Waals surface area contributed by atoms with Crippen molar-refractivity contribution >= 4 is 83.8 Å². The van der Waals surface area contributed by atoms with Gasteiger partial charge in [-0.2, -0.15) is 0 Å². The summed E-state index contributed by atoms with van der Waals surface area (Å²) < 4.78 is 32.2. The van der Waals surface area contributed by atoms with E-state index in [0.29, 0.717) is 19.3 Å². The summed E-state index contributed by atoms with van der Waals surface area (Å²) >= 11 is -7.73. The minimum atomic E-state index is -3.92. The monoisotopic (exact) mass is 1290 g/mol. The first kappa shape index (κ1) is 81.4. The summed E-state index contributed by atoms with van der Waals surface area (Å²) in [4.78, 5) is 119. The molecule has 0 aliphatic carbocycles. The van der Waals surface area contributed by atoms with Crippen molar-refractivity contribution in [2.24, 2.45) is 0 Å². The first-order valence-corrected chi connectivity index (χ1v) is 39.3. The van der Waals surface area contributed by atoms with Crippen LogP contribution in [0.5, 0.6) is 0 Å². The van der Waals surface area contributed by atoms with Crippen LogP contribution in [-0.2, 0) is 65.9 Å². The third-order valence-electron chi connectivity index (χ3n) is 17.1. The number of rotatable bonds is 57. The van der Waals surface area contributed by atoms with Gasteiger partial charge >= 0.3 is 30.3 Å². The lowest BCUT2D eigenvalue weighted by atomic mass is 10.0. The molecular formula is C69H123Al2N3O15. The Labute approximate surface area is 548 Å². The van der Waals surface area contributed by atoms with Gasteiger partial charge in [0.2, 0.25) is 17.7 Å². The molecule has 2 aliphatic heterocycles. The zero-order chi connectivity index (χ0) is 64.6. The minimum Gasteiger partial charge on any atom is -0.551 e. The first-order valence-electron chi connectivity index (χ1n) is 36.4. The Morgan fingerprint density at radius 2 is 0.640 bits per heavy atom. The molecule has 2 saturated heterocycles. The highest BCUT2D eigenvalue weighted by Gasteiger charge is 2.53. The summed E-state index contributed by atoms with van der Waals surface area (Å²) in [5.74, 6) is -6.83. The number of carbonyl (C=O) groups excluding carboxylic acids is 9. The van der Waals surface area contributed by atoms with Crippen molar-refractivity contribution in [3.8, 4) is 0 Å². The molecular weight excluding hydrogens is 1160 g/mol. The molecule has 0 spiro atoms. The molecule has 0 saturated carbocycles. The SMILES string of the molecule is CCCCCCCCCCCCCCCCCC(=O)N[C@@H](CCC(=O)[O][Al]1[O]C(=O)CC[C@@H](NC(=O)CCCCCCCCCCCCCCCCC)C(=O)[O]1)C(=O)[O][Al]1[O]C(=O)CC[C@@H](NC(=O)CCCCCCCCCCCCCCCCC)C(=O)[O]1. The maximum Gasteiger partial charge on any atom is 1.20 e. The summed E-state index contributed by atoms with van der Waals surface area (Å²) in [6.45, 7) is 6.72. The Kier molecular flexibility index (Phi) is 52.1. The highest BCUT2D eigenvalue weighted by molar-refractivity contribution is 6.45. The van der Waals surface area contributed by atoms with E-state index in [9.17, 15) is 43.2 Å². The van der Waals surface area contributed by atoms with Crippen molar-refractivity contribution in [1.29, 1.82) is 0 Å². The van der Waals surface area contributed by atoms with Crippen LogP contribution in [0.1, 0.15) is 367 Å². The van der Waals surface area contributed by atoms with Crippen molar-refractivity contribution in [1.82, 2.24) is 16.0 Å². The summed E-state index contributed by atoms with van der Waals surface area (Å²) in [5.41, 5.74) is 0. The lowest BCUT2D eigenvalue weighted by molar-refractivity contribution is -0.154. The largest absolute Gasteiger partial charge is 1.20 e. The van der Waals surface area contributed by atoms with Gasteiger partial charge in [0, 0.05) is 38.5 Å². The van der Waals surface area contributed by atoms with Crippen molar-refractivity contribution in [2.45, 2.75) is 386 Å². The van der Waals surface area contributed by atoms with Gasteiger partial charge in [0.25, 0.3) is 35.8 Å². The molecule has 3 N–H and O–H groups in total. The fourth-order valence-corrected chi connectivity index (χ4v) is 13.8. The number of carbonyl (C=O) groups is 9. The second-order valence-corrected chi connectivity index (χ2v) is 28.0. The zero-order valence-electron chi connectivity index (χ0n) is 56.2. The van der Waals surface area contributed by atoms with E-state index in [0.717, 1.165) is 64.2 Å². The lowest BCUT2D eigenvalue weighted by Crippen LogP contribution is -2.50. The lowest BCUT2D eigenvalue weighted by Gasteiger charge is -2.24. The Morgan fingerprint density at radius 1 is 0.371 bits per heavy atom. The Hall–Kier alpha value is -3.71. The van der Waals surface area contributed by atoms with E-state index in [4.69, 9.17) is 22.7 Å². The van der Waals surface area contributed by atoms with E-state index in [1.807, 2.05) is 0 Å². The molecule has 2 rings (SSSR count). The number of amides is 3. The van der Waals surface area contributed by atoms with E-state index >= 15 is 0 Å². The van der Waals surface area contributed by atoms with Crippen molar-refractivity contribution < 1.29 is 65.9 Å². The molecule has 20 heteroatoms. The number of hydrogen-bond acceptors (Lipinski definition) is 15. The van der Waals surface area contributed by atoms with Crippen LogP contribution >= 0.6 is 0 Å². The molecule has 3 atom stereocenters. The van der Waals surface area contributed by atoms with Crippen LogP contribution in [-0.4, -0.2) is 102 Å². The molecule has 0 aromatic heterocycles. The van der Waals surface area contributed by atoms with Crippen LogP contribution in [0.4, 0.5) is 0 Å². The quantitative estimate of drug-likeness (QED) is 0.0379. The molecule has 0 aromatic carbocycles. The summed E-state index contributed by atoms with van der Waals surface area (Å²) in [7, 11) is 0. The van der Waals surface area contributed by atoms with Crippen molar-refractivity contribution in [3.05, 3.63) is 0 Å². The Bertz CT molecular complexity index is 1910. The van der Waals surface area contributed by atoms with E-state index < -0.39 is 103 Å². The Balaban J connectivity index is 1.90. The number of unbranched alkanes of at least 4 members (excludes halogenated alkanes) is 42. The standard InChI is InChI=1S/3C23H43NO5.2Al/c3*1-2-3-4-5-6-7-8-9-10-11-12-13-14-15-16-17-21(25)24-20(23(28)29)18-19-22(26)27;;/h3*20H,2-19H2,1H3,(H,24,25)(H,26,27)(H,28,29);;/q;;;2*+3/p-6/t3*20-;;/m110../s1. The molecule has 89 heavy (non-hydrogen) atoms. The summed E-state index contributed by atoms with van der Waals surface area (Å²) in [5, 5.41) is 7.95. The predicted octanol–water partition coefficient (Wildman–Crippen LogP) is 15.8. The van der Waals surface area contributed by atoms with Gasteiger partial charge in [-0.05, 0) is 38.5 Å². The molecule has 18 nitrogen and oxygen atoms in total. The third kappa shape index (κ3) is 46.9. The molecule has 510 valence electrons.